The van der Waals surface area contributed by atoms with E-state index >= 15 is 0 Å². The summed E-state index contributed by atoms with van der Waals surface area (Å²) >= 11 is 0. The van der Waals surface area contributed by atoms with E-state index in [1.807, 2.05) is 11.9 Å². The number of rotatable bonds is 8. The molecule has 178 valence electrons. The Morgan fingerprint density at radius 1 is 1.35 bits per heavy atom. The van der Waals surface area contributed by atoms with E-state index in [4.69, 9.17) is 19.0 Å². The zero-order valence-electron chi connectivity index (χ0n) is 18.9. The zero-order chi connectivity index (χ0) is 24.1. The van der Waals surface area contributed by atoms with Gasteiger partial charge in [0.05, 0.1) is 32.1 Å². The van der Waals surface area contributed by atoms with Crippen molar-refractivity contribution in [2.24, 2.45) is 5.16 Å². The number of aromatic nitrogens is 1. The number of oxime groups is 1. The summed E-state index contributed by atoms with van der Waals surface area (Å²) in [5, 5.41) is 4.04. The molecule has 34 heavy (non-hydrogen) atoms. The minimum Gasteiger partial charge on any atom is -0.504 e. The van der Waals surface area contributed by atoms with Gasteiger partial charge in [-0.15, -0.1) is 0 Å². The fourth-order valence-electron chi connectivity index (χ4n) is 3.51. The topological polar surface area (TPSA) is 85.7 Å². The van der Waals surface area contributed by atoms with Crippen LogP contribution >= 0.6 is 0 Å². The van der Waals surface area contributed by atoms with Crippen molar-refractivity contribution in [2.45, 2.75) is 6.10 Å². The highest BCUT2D eigenvalue weighted by atomic mass is 19.1. The molecule has 0 radical (unpaired) electrons. The van der Waals surface area contributed by atoms with Gasteiger partial charge in [-0.05, 0) is 24.3 Å². The van der Waals surface area contributed by atoms with Crippen LogP contribution in [0.4, 0.5) is 14.9 Å². The molecule has 0 bridgehead atoms. The number of ether oxygens (including phenoxy) is 3. The van der Waals surface area contributed by atoms with E-state index in [2.05, 4.69) is 16.7 Å². The Kier molecular flexibility index (Phi) is 6.95. The van der Waals surface area contributed by atoms with Crippen molar-refractivity contribution in [1.29, 1.82) is 0 Å². The molecule has 9 nitrogen and oxygen atoms in total. The third kappa shape index (κ3) is 5.11. The number of hydrogen-bond acceptors (Lipinski definition) is 8. The summed E-state index contributed by atoms with van der Waals surface area (Å²) in [5.41, 5.74) is 2.00. The summed E-state index contributed by atoms with van der Waals surface area (Å²) in [6.45, 7) is 5.31. The molecule has 10 heteroatoms. The van der Waals surface area contributed by atoms with Gasteiger partial charge >= 0.3 is 6.09 Å². The Hall–Kier alpha value is -4.08. The van der Waals surface area contributed by atoms with E-state index in [1.165, 1.54) is 24.3 Å². The lowest BCUT2D eigenvalue weighted by Gasteiger charge is -2.23. The van der Waals surface area contributed by atoms with Crippen molar-refractivity contribution in [2.75, 3.05) is 45.4 Å². The van der Waals surface area contributed by atoms with E-state index in [-0.39, 0.29) is 13.2 Å². The smallest absolute Gasteiger partial charge is 0.414 e. The third-order valence-corrected chi connectivity index (χ3v) is 5.32. The number of hydrogen-bond donors (Lipinski definition) is 0. The SMILES string of the molecule is C=C(/C=C\OC)OCC1CN(c2ccc(-c3ccc(C4=NOCCN4C)nc3)c(F)c2)C(=O)O1. The lowest BCUT2D eigenvalue weighted by Crippen LogP contribution is -2.34. The predicted octanol–water partition coefficient (Wildman–Crippen LogP) is 3.53. The van der Waals surface area contributed by atoms with Crippen LogP contribution in [0.5, 0.6) is 0 Å². The van der Waals surface area contributed by atoms with E-state index < -0.39 is 18.0 Å². The highest BCUT2D eigenvalue weighted by Crippen LogP contribution is 2.29. The minimum atomic E-state index is -0.565. The number of likely N-dealkylation sites (N-methyl/N-ethyl adjacent to an activating group) is 1. The molecule has 4 rings (SSSR count). The first kappa shape index (κ1) is 23.1. The molecule has 0 N–H and O–H groups in total. The second-order valence-electron chi connectivity index (χ2n) is 7.70. The van der Waals surface area contributed by atoms with Crippen LogP contribution in [0.3, 0.4) is 0 Å². The molecular formula is C24H25FN4O5. The average molecular weight is 468 g/mol. The van der Waals surface area contributed by atoms with Crippen LogP contribution in [0.2, 0.25) is 0 Å². The van der Waals surface area contributed by atoms with Crippen molar-refractivity contribution >= 4 is 17.6 Å². The summed E-state index contributed by atoms with van der Waals surface area (Å²) < 4.78 is 30.6. The number of amides is 1. The first-order valence-corrected chi connectivity index (χ1v) is 10.6. The van der Waals surface area contributed by atoms with Gasteiger partial charge in [0.25, 0.3) is 0 Å². The van der Waals surface area contributed by atoms with Crippen molar-refractivity contribution in [3.8, 4) is 11.1 Å². The summed E-state index contributed by atoms with van der Waals surface area (Å²) in [4.78, 5) is 25.2. The van der Waals surface area contributed by atoms with Crippen molar-refractivity contribution in [3.05, 3.63) is 72.7 Å². The fraction of sp³-hybridized carbons (Fsp3) is 0.292. The first-order chi connectivity index (χ1) is 16.5. The van der Waals surface area contributed by atoms with Crippen molar-refractivity contribution < 1.29 is 28.2 Å². The van der Waals surface area contributed by atoms with Crippen LogP contribution in [-0.4, -0.2) is 68.4 Å². The first-order valence-electron chi connectivity index (χ1n) is 10.6. The Morgan fingerprint density at radius 2 is 2.21 bits per heavy atom. The number of amidine groups is 1. The van der Waals surface area contributed by atoms with Crippen molar-refractivity contribution in [1.82, 2.24) is 9.88 Å². The van der Waals surface area contributed by atoms with E-state index in [0.29, 0.717) is 47.3 Å². The number of carbonyl (C=O) groups is 1. The van der Waals surface area contributed by atoms with Crippen LogP contribution in [-0.2, 0) is 19.0 Å². The minimum absolute atomic E-state index is 0.124. The predicted molar refractivity (Wildman–Crippen MR) is 124 cm³/mol. The van der Waals surface area contributed by atoms with E-state index in [0.717, 1.165) is 0 Å². The van der Waals surface area contributed by atoms with Crippen LogP contribution in [0, 0.1) is 5.82 Å². The number of anilines is 1. The maximum atomic E-state index is 15.0. The molecule has 1 fully saturated rings. The lowest BCUT2D eigenvalue weighted by atomic mass is 10.1. The van der Waals surface area contributed by atoms with Gasteiger partial charge in [-0.1, -0.05) is 17.8 Å². The molecule has 1 aromatic heterocycles. The number of benzene rings is 1. The molecule has 0 spiro atoms. The number of nitrogens with zero attached hydrogens (tertiary/aromatic N) is 4. The zero-order valence-corrected chi connectivity index (χ0v) is 18.9. The molecule has 0 aliphatic carbocycles. The second-order valence-corrected chi connectivity index (χ2v) is 7.70. The molecule has 1 aromatic carbocycles. The fourth-order valence-corrected chi connectivity index (χ4v) is 3.51. The maximum absolute atomic E-state index is 15.0. The lowest BCUT2D eigenvalue weighted by molar-refractivity contribution is 0.0811. The second kappa shape index (κ2) is 10.2. The van der Waals surface area contributed by atoms with Crippen LogP contribution in [0.1, 0.15) is 5.69 Å². The molecule has 2 aliphatic rings. The van der Waals surface area contributed by atoms with Crippen LogP contribution < -0.4 is 4.90 Å². The number of halogens is 1. The van der Waals surface area contributed by atoms with Gasteiger partial charge in [0, 0.05) is 30.4 Å². The van der Waals surface area contributed by atoms with Gasteiger partial charge in [-0.25, -0.2) is 9.18 Å². The maximum Gasteiger partial charge on any atom is 0.414 e. The Labute approximate surface area is 196 Å². The summed E-state index contributed by atoms with van der Waals surface area (Å²) in [6.07, 6.45) is 3.49. The number of pyridine rings is 1. The monoisotopic (exact) mass is 468 g/mol. The molecule has 1 saturated heterocycles. The van der Waals surface area contributed by atoms with Gasteiger partial charge in [0.15, 0.2) is 11.9 Å². The Balaban J connectivity index is 1.43. The van der Waals surface area contributed by atoms with E-state index in [1.54, 1.807) is 36.5 Å². The van der Waals surface area contributed by atoms with E-state index in [9.17, 15) is 9.18 Å². The quantitative estimate of drug-likeness (QED) is 0.433. The van der Waals surface area contributed by atoms with Gasteiger partial charge in [-0.2, -0.15) is 0 Å². The van der Waals surface area contributed by atoms with Gasteiger partial charge in [0.1, 0.15) is 30.5 Å². The van der Waals surface area contributed by atoms with Gasteiger partial charge in [-0.3, -0.25) is 9.88 Å². The summed E-state index contributed by atoms with van der Waals surface area (Å²) in [7, 11) is 3.42. The standard InChI is InChI=1S/C24H25FN4O5/c1-16(8-10-31-3)32-15-19-14-29(24(30)34-19)18-5-6-20(21(25)12-18)17-4-7-22(26-13-17)23-27-33-11-9-28(23)2/h4-8,10,12-13,19H,1,9,11,14-15H2,2-3H3/b10-8-. The van der Waals surface area contributed by atoms with Crippen molar-refractivity contribution in [3.63, 3.8) is 0 Å². The molecule has 0 saturated carbocycles. The molecule has 1 unspecified atom stereocenters. The number of allylic oxidation sites excluding steroid dienone is 1. The van der Waals surface area contributed by atoms with Gasteiger partial charge < -0.3 is 23.9 Å². The number of cyclic esters (lactones) is 1. The Bertz CT molecular complexity index is 1120. The molecule has 1 atom stereocenters. The molecule has 2 aromatic rings. The summed E-state index contributed by atoms with van der Waals surface area (Å²) in [6, 6.07) is 8.13. The molecule has 1 amide bonds. The average Bonchev–Trinajstić information content (AvgIpc) is 3.22. The number of carbonyl (C=O) groups excluding carboxylic acids is 1. The highest BCUT2D eigenvalue weighted by Gasteiger charge is 2.33. The largest absolute Gasteiger partial charge is 0.504 e. The van der Waals surface area contributed by atoms with Crippen LogP contribution in [0.25, 0.3) is 11.1 Å². The third-order valence-electron chi connectivity index (χ3n) is 5.32. The normalized spacial score (nSPS) is 17.9. The molecular weight excluding hydrogens is 443 g/mol. The Morgan fingerprint density at radius 3 is 2.91 bits per heavy atom. The van der Waals surface area contributed by atoms with Gasteiger partial charge in [0.2, 0.25) is 0 Å². The summed E-state index contributed by atoms with van der Waals surface area (Å²) in [5.74, 6) is 0.521. The number of methoxy groups -OCH3 is 1. The molecule has 2 aliphatic heterocycles. The van der Waals surface area contributed by atoms with Crippen LogP contribution in [0.15, 0.2) is 66.4 Å². The molecule has 3 heterocycles. The highest BCUT2D eigenvalue weighted by molar-refractivity contribution is 5.97.